The molecule has 0 fully saturated rings. The topological polar surface area (TPSA) is 54.9 Å². The molecule has 1 atom stereocenters. The molecule has 28 heavy (non-hydrogen) atoms. The van der Waals surface area contributed by atoms with Crippen molar-refractivity contribution in [3.8, 4) is 11.3 Å². The largest absolute Gasteiger partial charge is 0.325 e. The number of anilines is 1. The lowest BCUT2D eigenvalue weighted by atomic mass is 10.1. The van der Waals surface area contributed by atoms with Crippen LogP contribution in [0, 0.1) is 13.8 Å². The van der Waals surface area contributed by atoms with E-state index in [4.69, 9.17) is 11.6 Å². The zero-order valence-electron chi connectivity index (χ0n) is 16.1. The number of hydrogen-bond donors (Lipinski definition) is 1. The number of nitrogens with one attached hydrogen (secondary N) is 1. The molecule has 1 N–H and O–H groups in total. The van der Waals surface area contributed by atoms with E-state index in [-0.39, 0.29) is 11.2 Å². The first-order chi connectivity index (χ1) is 13.5. The van der Waals surface area contributed by atoms with Gasteiger partial charge < -0.3 is 5.32 Å². The van der Waals surface area contributed by atoms with Crippen molar-refractivity contribution in [3.05, 3.63) is 71.0 Å². The van der Waals surface area contributed by atoms with E-state index in [1.165, 1.54) is 11.8 Å². The fourth-order valence-electron chi connectivity index (χ4n) is 2.72. The van der Waals surface area contributed by atoms with Crippen molar-refractivity contribution in [2.75, 3.05) is 5.32 Å². The lowest BCUT2D eigenvalue weighted by Gasteiger charge is -2.15. The fourth-order valence-corrected chi connectivity index (χ4v) is 3.89. The van der Waals surface area contributed by atoms with Crippen LogP contribution in [-0.4, -0.2) is 21.1 Å². The van der Waals surface area contributed by atoms with Gasteiger partial charge in [0.15, 0.2) is 0 Å². The third-order valence-electron chi connectivity index (χ3n) is 4.25. The number of amides is 1. The lowest BCUT2D eigenvalue weighted by molar-refractivity contribution is -0.115. The van der Waals surface area contributed by atoms with Gasteiger partial charge in [0, 0.05) is 16.3 Å². The van der Waals surface area contributed by atoms with Crippen molar-refractivity contribution in [1.82, 2.24) is 9.97 Å². The van der Waals surface area contributed by atoms with Gasteiger partial charge in [-0.15, -0.1) is 0 Å². The highest BCUT2D eigenvalue weighted by Crippen LogP contribution is 2.29. The summed E-state index contributed by atoms with van der Waals surface area (Å²) in [5.41, 5.74) is 3.56. The SMILES string of the molecule is CCC(Sc1cc(-c2ccccc2)nc(C)n1)C(=O)Nc1ccc(C)c(Cl)c1. The highest BCUT2D eigenvalue weighted by atomic mass is 35.5. The second kappa shape index (κ2) is 9.22. The van der Waals surface area contributed by atoms with E-state index in [2.05, 4.69) is 15.3 Å². The van der Waals surface area contributed by atoms with Gasteiger partial charge in [-0.2, -0.15) is 0 Å². The lowest BCUT2D eigenvalue weighted by Crippen LogP contribution is -2.24. The first-order valence-electron chi connectivity index (χ1n) is 9.11. The first kappa shape index (κ1) is 20.4. The van der Waals surface area contributed by atoms with Crippen molar-refractivity contribution < 1.29 is 4.79 Å². The number of halogens is 1. The molecular formula is C22H22ClN3OS. The summed E-state index contributed by atoms with van der Waals surface area (Å²) in [5.74, 6) is 0.620. The van der Waals surface area contributed by atoms with Crippen LogP contribution in [0.1, 0.15) is 24.7 Å². The molecule has 0 saturated heterocycles. The number of rotatable bonds is 6. The van der Waals surface area contributed by atoms with E-state index in [1.807, 2.05) is 69.3 Å². The van der Waals surface area contributed by atoms with Crippen LogP contribution in [0.3, 0.4) is 0 Å². The smallest absolute Gasteiger partial charge is 0.237 e. The van der Waals surface area contributed by atoms with Gasteiger partial charge in [-0.1, -0.05) is 66.7 Å². The van der Waals surface area contributed by atoms with Gasteiger partial charge in [-0.05, 0) is 44.0 Å². The van der Waals surface area contributed by atoms with Crippen LogP contribution in [0.5, 0.6) is 0 Å². The van der Waals surface area contributed by atoms with E-state index < -0.39 is 0 Å². The van der Waals surface area contributed by atoms with Crippen molar-refractivity contribution in [3.63, 3.8) is 0 Å². The zero-order valence-corrected chi connectivity index (χ0v) is 17.6. The van der Waals surface area contributed by atoms with E-state index in [9.17, 15) is 4.79 Å². The number of nitrogens with zero attached hydrogens (tertiary/aromatic N) is 2. The molecule has 0 radical (unpaired) electrons. The number of aromatic nitrogens is 2. The molecule has 0 aliphatic heterocycles. The quantitative estimate of drug-likeness (QED) is 0.403. The summed E-state index contributed by atoms with van der Waals surface area (Å²) in [6.45, 7) is 5.79. The normalized spacial score (nSPS) is 11.9. The molecule has 1 heterocycles. The van der Waals surface area contributed by atoms with Crippen molar-refractivity contribution in [2.24, 2.45) is 0 Å². The standard InChI is InChI=1S/C22H22ClN3OS/c1-4-20(22(27)26-17-11-10-14(2)18(23)12-17)28-21-13-19(24-15(3)25-21)16-8-6-5-7-9-16/h5-13,20H,4H2,1-3H3,(H,26,27). The summed E-state index contributed by atoms with van der Waals surface area (Å²) < 4.78 is 0. The molecule has 2 aromatic carbocycles. The summed E-state index contributed by atoms with van der Waals surface area (Å²) in [7, 11) is 0. The van der Waals surface area contributed by atoms with Gasteiger partial charge in [0.05, 0.1) is 10.9 Å². The Kier molecular flexibility index (Phi) is 6.70. The van der Waals surface area contributed by atoms with Crippen molar-refractivity contribution in [2.45, 2.75) is 37.5 Å². The molecule has 0 aliphatic carbocycles. The number of benzene rings is 2. The second-order valence-corrected chi connectivity index (χ2v) is 8.10. The highest BCUT2D eigenvalue weighted by molar-refractivity contribution is 8.00. The zero-order chi connectivity index (χ0) is 20.1. The van der Waals surface area contributed by atoms with Crippen LogP contribution in [0.2, 0.25) is 5.02 Å². The van der Waals surface area contributed by atoms with Crippen LogP contribution in [0.15, 0.2) is 59.6 Å². The van der Waals surface area contributed by atoms with Gasteiger partial charge in [-0.25, -0.2) is 9.97 Å². The van der Waals surface area contributed by atoms with Crippen molar-refractivity contribution in [1.29, 1.82) is 0 Å². The number of hydrogen-bond acceptors (Lipinski definition) is 4. The molecule has 0 saturated carbocycles. The first-order valence-corrected chi connectivity index (χ1v) is 10.4. The van der Waals surface area contributed by atoms with Crippen molar-refractivity contribution >= 4 is 35.0 Å². The monoisotopic (exact) mass is 411 g/mol. The minimum atomic E-state index is -0.266. The maximum atomic E-state index is 12.8. The molecule has 144 valence electrons. The van der Waals surface area contributed by atoms with E-state index in [1.54, 1.807) is 6.07 Å². The van der Waals surface area contributed by atoms with Gasteiger partial charge in [-0.3, -0.25) is 4.79 Å². The Balaban J connectivity index is 1.77. The summed E-state index contributed by atoms with van der Waals surface area (Å²) in [4.78, 5) is 21.8. The Morgan fingerprint density at radius 2 is 1.86 bits per heavy atom. The Morgan fingerprint density at radius 3 is 2.54 bits per heavy atom. The second-order valence-electron chi connectivity index (χ2n) is 6.47. The van der Waals surface area contributed by atoms with Crippen LogP contribution < -0.4 is 5.32 Å². The average molecular weight is 412 g/mol. The molecule has 6 heteroatoms. The predicted octanol–water partition coefficient (Wildman–Crippen LogP) is 5.92. The number of aryl methyl sites for hydroxylation is 2. The minimum Gasteiger partial charge on any atom is -0.325 e. The molecule has 1 aromatic heterocycles. The van der Waals surface area contributed by atoms with Gasteiger partial charge >= 0.3 is 0 Å². The third-order valence-corrected chi connectivity index (χ3v) is 5.94. The van der Waals surface area contributed by atoms with E-state index in [0.717, 1.165) is 21.8 Å². The predicted molar refractivity (Wildman–Crippen MR) is 117 cm³/mol. The number of carbonyl (C=O) groups is 1. The molecular weight excluding hydrogens is 390 g/mol. The summed E-state index contributed by atoms with van der Waals surface area (Å²) in [6.07, 6.45) is 0.680. The van der Waals surface area contributed by atoms with Crippen LogP contribution in [-0.2, 0) is 4.79 Å². The summed E-state index contributed by atoms with van der Waals surface area (Å²) in [5, 5.41) is 4.11. The molecule has 3 rings (SSSR count). The van der Waals surface area contributed by atoms with Gasteiger partial charge in [0.1, 0.15) is 10.9 Å². The highest BCUT2D eigenvalue weighted by Gasteiger charge is 2.20. The maximum absolute atomic E-state index is 12.8. The van der Waals surface area contributed by atoms with Gasteiger partial charge in [0.2, 0.25) is 5.91 Å². The van der Waals surface area contributed by atoms with Crippen LogP contribution >= 0.6 is 23.4 Å². The third kappa shape index (κ3) is 5.12. The Bertz CT molecular complexity index is 979. The molecule has 4 nitrogen and oxygen atoms in total. The molecule has 0 bridgehead atoms. The van der Waals surface area contributed by atoms with E-state index >= 15 is 0 Å². The molecule has 0 aliphatic rings. The maximum Gasteiger partial charge on any atom is 0.237 e. The molecule has 1 amide bonds. The Labute approximate surface area is 174 Å². The minimum absolute atomic E-state index is 0.0649. The fraction of sp³-hybridized carbons (Fsp3) is 0.227. The number of thioether (sulfide) groups is 1. The van der Waals surface area contributed by atoms with Gasteiger partial charge in [0.25, 0.3) is 0 Å². The average Bonchev–Trinajstić information content (AvgIpc) is 2.69. The van der Waals surface area contributed by atoms with E-state index in [0.29, 0.717) is 23.0 Å². The Hall–Kier alpha value is -2.37. The molecule has 0 spiro atoms. The van der Waals surface area contributed by atoms with Crippen LogP contribution in [0.25, 0.3) is 11.3 Å². The molecule has 3 aromatic rings. The number of carbonyl (C=O) groups excluding carboxylic acids is 1. The molecule has 1 unspecified atom stereocenters. The van der Waals surface area contributed by atoms with Crippen LogP contribution in [0.4, 0.5) is 5.69 Å². The summed E-state index contributed by atoms with van der Waals surface area (Å²) in [6, 6.07) is 17.4. The summed E-state index contributed by atoms with van der Waals surface area (Å²) >= 11 is 7.61. The Morgan fingerprint density at radius 1 is 1.11 bits per heavy atom.